The van der Waals surface area contributed by atoms with Crippen LogP contribution in [0.5, 0.6) is 0 Å². The molecular formula is C19H19F3N2O5. The summed E-state index contributed by atoms with van der Waals surface area (Å²) in [5.74, 6) is -3.20. The maximum Gasteiger partial charge on any atom is 0.416 e. The lowest BCUT2D eigenvalue weighted by molar-refractivity contribution is -0.154. The molecule has 1 saturated heterocycles. The fraction of sp³-hybridized carbons (Fsp3) is 0.474. The van der Waals surface area contributed by atoms with Gasteiger partial charge in [0.1, 0.15) is 6.54 Å². The third kappa shape index (κ3) is 4.75. The number of ether oxygens (including phenoxy) is 1. The van der Waals surface area contributed by atoms with Crippen molar-refractivity contribution in [3.05, 3.63) is 29.8 Å². The summed E-state index contributed by atoms with van der Waals surface area (Å²) in [4.78, 5) is 49.2. The lowest BCUT2D eigenvalue weighted by Crippen LogP contribution is -2.37. The minimum atomic E-state index is -4.49. The van der Waals surface area contributed by atoms with Crippen LogP contribution >= 0.6 is 0 Å². The molecule has 1 aliphatic heterocycles. The van der Waals surface area contributed by atoms with E-state index in [9.17, 15) is 32.3 Å². The van der Waals surface area contributed by atoms with Crippen LogP contribution in [0.25, 0.3) is 0 Å². The molecule has 10 heteroatoms. The van der Waals surface area contributed by atoms with Gasteiger partial charge in [-0.1, -0.05) is 12.8 Å². The summed E-state index contributed by atoms with van der Waals surface area (Å²) in [5.41, 5.74) is -0.754. The van der Waals surface area contributed by atoms with E-state index in [1.165, 1.54) is 0 Å². The van der Waals surface area contributed by atoms with Gasteiger partial charge >= 0.3 is 12.1 Å². The summed E-state index contributed by atoms with van der Waals surface area (Å²) in [5, 5.41) is 2.30. The minimum absolute atomic E-state index is 0.105. The van der Waals surface area contributed by atoms with E-state index < -0.39 is 36.8 Å². The van der Waals surface area contributed by atoms with Gasteiger partial charge in [-0.15, -0.1) is 0 Å². The number of alkyl halides is 3. The lowest BCUT2D eigenvalue weighted by Gasteiger charge is -2.19. The number of hydrogen-bond acceptors (Lipinski definition) is 5. The van der Waals surface area contributed by atoms with E-state index in [-0.39, 0.29) is 29.3 Å². The molecule has 0 aromatic heterocycles. The third-order valence-electron chi connectivity index (χ3n) is 5.08. The number of benzene rings is 1. The van der Waals surface area contributed by atoms with Crippen LogP contribution in [0.4, 0.5) is 18.9 Å². The van der Waals surface area contributed by atoms with Crippen LogP contribution < -0.4 is 5.32 Å². The fourth-order valence-corrected chi connectivity index (χ4v) is 3.65. The maximum atomic E-state index is 12.5. The van der Waals surface area contributed by atoms with Crippen molar-refractivity contribution in [1.29, 1.82) is 0 Å². The Morgan fingerprint density at radius 1 is 1.03 bits per heavy atom. The Balaban J connectivity index is 1.47. The van der Waals surface area contributed by atoms with Crippen molar-refractivity contribution in [2.24, 2.45) is 11.8 Å². The van der Waals surface area contributed by atoms with Crippen molar-refractivity contribution < 1.29 is 37.1 Å². The smallest absolute Gasteiger partial charge is 0.416 e. The van der Waals surface area contributed by atoms with Crippen LogP contribution in [0.1, 0.15) is 31.2 Å². The van der Waals surface area contributed by atoms with Gasteiger partial charge in [0.25, 0.3) is 5.91 Å². The van der Waals surface area contributed by atoms with E-state index in [0.29, 0.717) is 12.8 Å². The van der Waals surface area contributed by atoms with Crippen molar-refractivity contribution in [2.75, 3.05) is 18.5 Å². The van der Waals surface area contributed by atoms with Crippen molar-refractivity contribution in [3.8, 4) is 0 Å². The molecule has 0 radical (unpaired) electrons. The topological polar surface area (TPSA) is 92.8 Å². The number of fused-ring (bicyclic) bond motifs is 1. The minimum Gasteiger partial charge on any atom is -0.454 e. The summed E-state index contributed by atoms with van der Waals surface area (Å²) in [6.07, 6.45) is -1.52. The quantitative estimate of drug-likeness (QED) is 0.592. The number of halogens is 3. The van der Waals surface area contributed by atoms with Crippen LogP contribution in [0.15, 0.2) is 24.3 Å². The third-order valence-corrected chi connectivity index (χ3v) is 5.08. The predicted molar refractivity (Wildman–Crippen MR) is 93.2 cm³/mol. The Kier molecular flexibility index (Phi) is 5.90. The van der Waals surface area contributed by atoms with Gasteiger partial charge in [-0.3, -0.25) is 24.1 Å². The lowest BCUT2D eigenvalue weighted by atomic mass is 9.81. The van der Waals surface area contributed by atoms with E-state index in [1.807, 2.05) is 0 Å². The molecule has 2 aliphatic rings. The Morgan fingerprint density at radius 3 is 2.10 bits per heavy atom. The Morgan fingerprint density at radius 2 is 1.59 bits per heavy atom. The monoisotopic (exact) mass is 412 g/mol. The molecule has 0 unspecified atom stereocenters. The number of nitrogens with zero attached hydrogens (tertiary/aromatic N) is 1. The number of hydrogen-bond donors (Lipinski definition) is 1. The van der Waals surface area contributed by atoms with Gasteiger partial charge < -0.3 is 10.1 Å². The SMILES string of the molecule is O=C(COC(=O)CN1C(=O)[C@H]2CCCC[C@@H]2C1=O)Nc1ccc(C(F)(F)F)cc1. The van der Waals surface area contributed by atoms with Gasteiger partial charge in [0, 0.05) is 5.69 Å². The van der Waals surface area contributed by atoms with Crippen LogP contribution in [0.2, 0.25) is 0 Å². The Bertz CT molecular complexity index is 798. The first kappa shape index (κ1) is 20.8. The molecule has 1 N–H and O–H groups in total. The van der Waals surface area contributed by atoms with E-state index in [1.54, 1.807) is 0 Å². The standard InChI is InChI=1S/C19H19F3N2O5/c20-19(21,22)11-5-7-12(8-6-11)23-15(25)10-29-16(26)9-24-17(27)13-3-1-2-4-14(13)18(24)28/h5-8,13-14H,1-4,9-10H2,(H,23,25)/t13-,14-/m0/s1. The highest BCUT2D eigenvalue weighted by Crippen LogP contribution is 2.37. The molecule has 0 spiro atoms. The van der Waals surface area contributed by atoms with Crippen LogP contribution in [0, 0.1) is 11.8 Å². The van der Waals surface area contributed by atoms with Gasteiger partial charge in [-0.05, 0) is 37.1 Å². The highest BCUT2D eigenvalue weighted by atomic mass is 19.4. The summed E-state index contributed by atoms with van der Waals surface area (Å²) in [6.45, 7) is -1.25. The second-order valence-electron chi connectivity index (χ2n) is 7.04. The molecule has 1 saturated carbocycles. The second-order valence-corrected chi connectivity index (χ2v) is 7.04. The van der Waals surface area contributed by atoms with E-state index in [0.717, 1.165) is 42.0 Å². The molecule has 1 aliphatic carbocycles. The van der Waals surface area contributed by atoms with E-state index in [4.69, 9.17) is 4.74 Å². The molecular weight excluding hydrogens is 393 g/mol. The number of rotatable bonds is 5. The summed E-state index contributed by atoms with van der Waals surface area (Å²) in [6, 6.07) is 3.77. The van der Waals surface area contributed by atoms with Crippen molar-refractivity contribution in [3.63, 3.8) is 0 Å². The number of esters is 1. The molecule has 1 heterocycles. The summed E-state index contributed by atoms with van der Waals surface area (Å²) in [7, 11) is 0. The number of amides is 3. The average molecular weight is 412 g/mol. The zero-order chi connectivity index (χ0) is 21.2. The number of carbonyl (C=O) groups is 4. The van der Waals surface area contributed by atoms with E-state index >= 15 is 0 Å². The molecule has 29 heavy (non-hydrogen) atoms. The molecule has 7 nitrogen and oxygen atoms in total. The van der Waals surface area contributed by atoms with Gasteiger partial charge in [0.2, 0.25) is 11.8 Å². The summed E-state index contributed by atoms with van der Waals surface area (Å²) >= 11 is 0. The molecule has 1 aromatic rings. The Hall–Kier alpha value is -2.91. The maximum absolute atomic E-state index is 12.5. The number of nitrogens with one attached hydrogen (secondary N) is 1. The zero-order valence-electron chi connectivity index (χ0n) is 15.3. The van der Waals surface area contributed by atoms with Crippen molar-refractivity contribution >= 4 is 29.4 Å². The average Bonchev–Trinajstić information content (AvgIpc) is 2.91. The first-order valence-corrected chi connectivity index (χ1v) is 9.15. The zero-order valence-corrected chi connectivity index (χ0v) is 15.3. The largest absolute Gasteiger partial charge is 0.454 e. The fourth-order valence-electron chi connectivity index (χ4n) is 3.65. The van der Waals surface area contributed by atoms with Crippen LogP contribution in [-0.2, 0) is 30.1 Å². The van der Waals surface area contributed by atoms with Gasteiger partial charge in [0.15, 0.2) is 6.61 Å². The molecule has 3 rings (SSSR count). The van der Waals surface area contributed by atoms with Gasteiger partial charge in [0.05, 0.1) is 17.4 Å². The van der Waals surface area contributed by atoms with Gasteiger partial charge in [-0.2, -0.15) is 13.2 Å². The number of likely N-dealkylation sites (tertiary alicyclic amines) is 1. The van der Waals surface area contributed by atoms with Crippen LogP contribution in [-0.4, -0.2) is 41.7 Å². The molecule has 156 valence electrons. The van der Waals surface area contributed by atoms with Crippen molar-refractivity contribution in [2.45, 2.75) is 31.9 Å². The van der Waals surface area contributed by atoms with Crippen LogP contribution in [0.3, 0.4) is 0 Å². The first-order valence-electron chi connectivity index (χ1n) is 9.15. The number of anilines is 1. The predicted octanol–water partition coefficient (Wildman–Crippen LogP) is 2.36. The van der Waals surface area contributed by atoms with Gasteiger partial charge in [-0.25, -0.2) is 0 Å². The molecule has 1 aromatic carbocycles. The van der Waals surface area contributed by atoms with E-state index in [2.05, 4.69) is 5.32 Å². The normalized spacial score (nSPS) is 21.7. The second kappa shape index (κ2) is 8.22. The molecule has 3 amide bonds. The number of imide groups is 1. The van der Waals surface area contributed by atoms with Crippen molar-refractivity contribution in [1.82, 2.24) is 4.90 Å². The molecule has 0 bridgehead atoms. The highest BCUT2D eigenvalue weighted by Gasteiger charge is 2.48. The molecule has 2 atom stereocenters. The molecule has 2 fully saturated rings. The first-order chi connectivity index (χ1) is 13.7. The number of carbonyl (C=O) groups excluding carboxylic acids is 4. The Labute approximate surface area is 164 Å². The highest BCUT2D eigenvalue weighted by molar-refractivity contribution is 6.07. The summed E-state index contributed by atoms with van der Waals surface area (Å²) < 4.78 is 42.3.